The molecule has 2 unspecified atom stereocenters. The van der Waals surface area contributed by atoms with E-state index in [9.17, 15) is 14.0 Å². The van der Waals surface area contributed by atoms with Crippen molar-refractivity contribution in [2.24, 2.45) is 11.8 Å². The lowest BCUT2D eigenvalue weighted by atomic mass is 9.92. The fraction of sp³-hybridized carbons (Fsp3) is 0.370. The van der Waals surface area contributed by atoms with Gasteiger partial charge >= 0.3 is 0 Å². The summed E-state index contributed by atoms with van der Waals surface area (Å²) in [5, 5.41) is 6.54. The molecule has 1 aliphatic rings. The zero-order chi connectivity index (χ0) is 25.1. The minimum atomic E-state index is -0.486. The molecule has 1 aromatic heterocycles. The maximum atomic E-state index is 13.1. The molecule has 2 amide bonds. The second-order valence-corrected chi connectivity index (χ2v) is 10.0. The van der Waals surface area contributed by atoms with Gasteiger partial charge in [0, 0.05) is 37.0 Å². The Morgan fingerprint density at radius 3 is 2.40 bits per heavy atom. The van der Waals surface area contributed by atoms with Gasteiger partial charge in [-0.15, -0.1) is 0 Å². The SMILES string of the molecule is Cc1cc(N2CC(C)CC(C)C2)nc2ccc(NC(=O)CCC(=O)Nc3ccc(F)cc3Cl)cc12. The lowest BCUT2D eigenvalue weighted by Gasteiger charge is -2.36. The summed E-state index contributed by atoms with van der Waals surface area (Å²) in [6, 6.07) is 11.5. The van der Waals surface area contributed by atoms with Crippen molar-refractivity contribution in [2.75, 3.05) is 28.6 Å². The molecule has 2 N–H and O–H groups in total. The normalized spacial score (nSPS) is 17.9. The second-order valence-electron chi connectivity index (χ2n) is 9.60. The third kappa shape index (κ3) is 6.28. The molecule has 1 saturated heterocycles. The Balaban J connectivity index is 1.37. The Morgan fingerprint density at radius 1 is 1.03 bits per heavy atom. The van der Waals surface area contributed by atoms with Gasteiger partial charge in [-0.25, -0.2) is 9.37 Å². The highest BCUT2D eigenvalue weighted by Crippen LogP contribution is 2.29. The molecular formula is C27H30ClFN4O2. The third-order valence-corrected chi connectivity index (χ3v) is 6.58. The second kappa shape index (κ2) is 10.6. The van der Waals surface area contributed by atoms with Crippen LogP contribution in [0.15, 0.2) is 42.5 Å². The van der Waals surface area contributed by atoms with E-state index >= 15 is 0 Å². The van der Waals surface area contributed by atoms with Gasteiger partial charge in [0.1, 0.15) is 11.6 Å². The zero-order valence-electron chi connectivity index (χ0n) is 20.2. The molecule has 0 saturated carbocycles. The Kier molecular flexibility index (Phi) is 7.55. The summed E-state index contributed by atoms with van der Waals surface area (Å²) in [5.41, 5.74) is 2.95. The van der Waals surface area contributed by atoms with Crippen LogP contribution < -0.4 is 15.5 Å². The van der Waals surface area contributed by atoms with E-state index in [1.54, 1.807) is 0 Å². The quantitative estimate of drug-likeness (QED) is 0.427. The fourth-order valence-corrected chi connectivity index (χ4v) is 4.93. The molecule has 2 atom stereocenters. The number of rotatable bonds is 6. The van der Waals surface area contributed by atoms with Gasteiger partial charge in [0.2, 0.25) is 11.8 Å². The minimum Gasteiger partial charge on any atom is -0.356 e. The number of carbonyl (C=O) groups is 2. The van der Waals surface area contributed by atoms with Crippen LogP contribution in [0.5, 0.6) is 0 Å². The predicted octanol–water partition coefficient (Wildman–Crippen LogP) is 6.18. The van der Waals surface area contributed by atoms with Gasteiger partial charge in [0.15, 0.2) is 0 Å². The van der Waals surface area contributed by atoms with Gasteiger partial charge in [-0.3, -0.25) is 9.59 Å². The highest BCUT2D eigenvalue weighted by atomic mass is 35.5. The molecule has 3 aromatic rings. The van der Waals surface area contributed by atoms with E-state index in [0.717, 1.165) is 41.4 Å². The van der Waals surface area contributed by atoms with Gasteiger partial charge in [-0.1, -0.05) is 25.4 Å². The van der Waals surface area contributed by atoms with Crippen LogP contribution in [0.4, 0.5) is 21.6 Å². The summed E-state index contributed by atoms with van der Waals surface area (Å²) in [4.78, 5) is 31.9. The molecule has 0 spiro atoms. The summed E-state index contributed by atoms with van der Waals surface area (Å²) < 4.78 is 13.1. The van der Waals surface area contributed by atoms with E-state index in [-0.39, 0.29) is 29.7 Å². The first-order valence-corrected chi connectivity index (χ1v) is 12.3. The highest BCUT2D eigenvalue weighted by Gasteiger charge is 2.23. The first-order chi connectivity index (χ1) is 16.7. The van der Waals surface area contributed by atoms with Crippen LogP contribution in [0.25, 0.3) is 10.9 Å². The lowest BCUT2D eigenvalue weighted by Crippen LogP contribution is -2.39. The van der Waals surface area contributed by atoms with E-state index in [1.807, 2.05) is 18.2 Å². The Morgan fingerprint density at radius 2 is 1.71 bits per heavy atom. The number of amides is 2. The molecule has 2 aromatic carbocycles. The summed E-state index contributed by atoms with van der Waals surface area (Å²) in [7, 11) is 0. The summed E-state index contributed by atoms with van der Waals surface area (Å²) in [6.45, 7) is 8.65. The number of halogens is 2. The number of benzene rings is 2. The molecule has 1 aliphatic heterocycles. The average molecular weight is 497 g/mol. The number of hydrogen-bond donors (Lipinski definition) is 2. The number of piperidine rings is 1. The molecule has 1 fully saturated rings. The maximum Gasteiger partial charge on any atom is 0.224 e. The molecular weight excluding hydrogens is 467 g/mol. The third-order valence-electron chi connectivity index (χ3n) is 6.26. The van der Waals surface area contributed by atoms with E-state index in [4.69, 9.17) is 16.6 Å². The molecule has 35 heavy (non-hydrogen) atoms. The standard InChI is InChI=1S/C27H30ClFN4O2/c1-16-10-17(2)15-33(14-16)25-11-18(3)21-13-20(5-7-23(21)31-25)30-26(34)8-9-27(35)32-24-6-4-19(29)12-22(24)28/h4-7,11-13,16-17H,8-10,14-15H2,1-3H3,(H,30,34)(H,32,35). The molecule has 2 heterocycles. The Labute approximate surface area is 209 Å². The summed E-state index contributed by atoms with van der Waals surface area (Å²) >= 11 is 5.93. The molecule has 4 rings (SSSR count). The number of aromatic nitrogens is 1. The molecule has 0 bridgehead atoms. The number of anilines is 3. The number of fused-ring (bicyclic) bond motifs is 1. The number of hydrogen-bond acceptors (Lipinski definition) is 4. The number of nitrogens with one attached hydrogen (secondary N) is 2. The van der Waals surface area contributed by atoms with Crippen molar-refractivity contribution in [1.82, 2.24) is 4.98 Å². The van der Waals surface area contributed by atoms with Crippen molar-refractivity contribution in [2.45, 2.75) is 40.0 Å². The van der Waals surface area contributed by atoms with Crippen LogP contribution >= 0.6 is 11.6 Å². The van der Waals surface area contributed by atoms with Crippen molar-refractivity contribution >= 4 is 51.5 Å². The smallest absolute Gasteiger partial charge is 0.224 e. The highest BCUT2D eigenvalue weighted by molar-refractivity contribution is 6.33. The first kappa shape index (κ1) is 24.9. The van der Waals surface area contributed by atoms with E-state index in [1.165, 1.54) is 18.6 Å². The molecule has 0 aliphatic carbocycles. The number of aryl methyl sites for hydroxylation is 1. The monoisotopic (exact) mass is 496 g/mol. The molecule has 8 heteroatoms. The van der Waals surface area contributed by atoms with Crippen LogP contribution in [0, 0.1) is 24.6 Å². The van der Waals surface area contributed by atoms with Gasteiger partial charge in [-0.2, -0.15) is 0 Å². The van der Waals surface area contributed by atoms with Crippen molar-refractivity contribution < 1.29 is 14.0 Å². The van der Waals surface area contributed by atoms with Crippen LogP contribution in [0.1, 0.15) is 38.7 Å². The molecule has 6 nitrogen and oxygen atoms in total. The van der Waals surface area contributed by atoms with Gasteiger partial charge in [-0.05, 0) is 73.2 Å². The number of pyridine rings is 1. The van der Waals surface area contributed by atoms with Crippen molar-refractivity contribution in [3.63, 3.8) is 0 Å². The average Bonchev–Trinajstić information content (AvgIpc) is 2.79. The summed E-state index contributed by atoms with van der Waals surface area (Å²) in [5.74, 6) is 1.15. The maximum absolute atomic E-state index is 13.1. The summed E-state index contributed by atoms with van der Waals surface area (Å²) in [6.07, 6.45) is 1.22. The zero-order valence-corrected chi connectivity index (χ0v) is 21.0. The van der Waals surface area contributed by atoms with E-state index in [0.29, 0.717) is 23.2 Å². The largest absolute Gasteiger partial charge is 0.356 e. The fourth-order valence-electron chi connectivity index (χ4n) is 4.72. The van der Waals surface area contributed by atoms with Gasteiger partial charge in [0.25, 0.3) is 0 Å². The first-order valence-electron chi connectivity index (χ1n) is 11.9. The van der Waals surface area contributed by atoms with Crippen molar-refractivity contribution in [3.8, 4) is 0 Å². The molecule has 0 radical (unpaired) electrons. The Hall–Kier alpha value is -3.19. The Bertz CT molecular complexity index is 1260. The number of carbonyl (C=O) groups excluding carboxylic acids is 2. The van der Waals surface area contributed by atoms with Gasteiger partial charge < -0.3 is 15.5 Å². The van der Waals surface area contributed by atoms with E-state index in [2.05, 4.69) is 42.4 Å². The van der Waals surface area contributed by atoms with E-state index < -0.39 is 5.82 Å². The van der Waals surface area contributed by atoms with Crippen LogP contribution in [-0.4, -0.2) is 29.9 Å². The molecule has 184 valence electrons. The topological polar surface area (TPSA) is 74.3 Å². The van der Waals surface area contributed by atoms with Crippen LogP contribution in [0.2, 0.25) is 5.02 Å². The minimum absolute atomic E-state index is 0.00415. The van der Waals surface area contributed by atoms with Crippen molar-refractivity contribution in [3.05, 3.63) is 58.9 Å². The van der Waals surface area contributed by atoms with Crippen molar-refractivity contribution in [1.29, 1.82) is 0 Å². The lowest BCUT2D eigenvalue weighted by molar-refractivity contribution is -0.121. The predicted molar refractivity (Wildman–Crippen MR) is 140 cm³/mol. The number of nitrogens with zero attached hydrogens (tertiary/aromatic N) is 2. The van der Waals surface area contributed by atoms with Crippen LogP contribution in [-0.2, 0) is 9.59 Å². The van der Waals surface area contributed by atoms with Crippen LogP contribution in [0.3, 0.4) is 0 Å². The van der Waals surface area contributed by atoms with Gasteiger partial charge in [0.05, 0.1) is 16.2 Å².